The van der Waals surface area contributed by atoms with Gasteiger partial charge in [0.2, 0.25) is 5.91 Å². The predicted molar refractivity (Wildman–Crippen MR) is 107 cm³/mol. The van der Waals surface area contributed by atoms with E-state index >= 15 is 0 Å². The summed E-state index contributed by atoms with van der Waals surface area (Å²) >= 11 is 0. The van der Waals surface area contributed by atoms with Gasteiger partial charge in [-0.25, -0.2) is 8.42 Å². The van der Waals surface area contributed by atoms with Gasteiger partial charge in [0.1, 0.15) is 0 Å². The topological polar surface area (TPSA) is 87.3 Å². The van der Waals surface area contributed by atoms with E-state index in [4.69, 9.17) is 0 Å². The second-order valence-electron chi connectivity index (χ2n) is 7.06. The van der Waals surface area contributed by atoms with E-state index in [2.05, 4.69) is 22.3 Å². The van der Waals surface area contributed by atoms with Crippen LogP contribution >= 0.6 is 0 Å². The van der Waals surface area contributed by atoms with Crippen LogP contribution in [0, 0.1) is 12.8 Å². The number of carbonyl (C=O) groups excluding carboxylic acids is 1. The Kier molecular flexibility index (Phi) is 5.82. The van der Waals surface area contributed by atoms with Crippen molar-refractivity contribution in [2.75, 3.05) is 16.6 Å². The van der Waals surface area contributed by atoms with Crippen LogP contribution in [0.2, 0.25) is 0 Å². The van der Waals surface area contributed by atoms with Gasteiger partial charge in [0, 0.05) is 23.3 Å². The van der Waals surface area contributed by atoms with E-state index in [-0.39, 0.29) is 16.7 Å². The molecule has 3 rings (SSSR count). The van der Waals surface area contributed by atoms with E-state index in [0.717, 1.165) is 24.9 Å². The van der Waals surface area contributed by atoms with Gasteiger partial charge in [0.25, 0.3) is 10.0 Å². The molecule has 6 nitrogen and oxygen atoms in total. The number of rotatable bonds is 5. The van der Waals surface area contributed by atoms with Gasteiger partial charge in [-0.1, -0.05) is 17.7 Å². The third-order valence-electron chi connectivity index (χ3n) is 4.73. The molecule has 0 saturated carbocycles. The van der Waals surface area contributed by atoms with Crippen LogP contribution < -0.4 is 15.4 Å². The third kappa shape index (κ3) is 5.08. The van der Waals surface area contributed by atoms with Gasteiger partial charge in [-0.15, -0.1) is 0 Å². The van der Waals surface area contributed by atoms with E-state index in [1.807, 2.05) is 6.92 Å². The van der Waals surface area contributed by atoms with Crippen molar-refractivity contribution in [2.45, 2.75) is 37.6 Å². The molecule has 3 N–H and O–H groups in total. The van der Waals surface area contributed by atoms with Gasteiger partial charge in [-0.3, -0.25) is 9.52 Å². The van der Waals surface area contributed by atoms with Crippen molar-refractivity contribution in [3.63, 3.8) is 0 Å². The van der Waals surface area contributed by atoms with Crippen LogP contribution in [0.15, 0.2) is 53.4 Å². The number of aryl methyl sites for hydroxylation is 1. The highest BCUT2D eigenvalue weighted by atomic mass is 32.2. The second kappa shape index (κ2) is 8.10. The van der Waals surface area contributed by atoms with Gasteiger partial charge in [0.15, 0.2) is 0 Å². The number of nitrogens with one attached hydrogen (secondary N) is 3. The van der Waals surface area contributed by atoms with E-state index in [9.17, 15) is 13.2 Å². The van der Waals surface area contributed by atoms with Crippen molar-refractivity contribution >= 4 is 27.3 Å². The second-order valence-corrected chi connectivity index (χ2v) is 8.74. The molecule has 7 heteroatoms. The first-order valence-corrected chi connectivity index (χ1v) is 10.6. The summed E-state index contributed by atoms with van der Waals surface area (Å²) in [5, 5.41) is 6.25. The van der Waals surface area contributed by atoms with Gasteiger partial charge in [0.05, 0.1) is 4.90 Å². The largest absolute Gasteiger partial charge is 0.326 e. The summed E-state index contributed by atoms with van der Waals surface area (Å²) in [6.45, 7) is 4.83. The van der Waals surface area contributed by atoms with E-state index in [0.29, 0.717) is 17.4 Å². The Balaban J connectivity index is 1.63. The average Bonchev–Trinajstić information content (AvgIpc) is 2.63. The van der Waals surface area contributed by atoms with E-state index < -0.39 is 10.0 Å². The van der Waals surface area contributed by atoms with Crippen molar-refractivity contribution in [1.29, 1.82) is 0 Å². The first kappa shape index (κ1) is 19.4. The third-order valence-corrected chi connectivity index (χ3v) is 6.13. The molecule has 0 bridgehead atoms. The van der Waals surface area contributed by atoms with Crippen LogP contribution in [0.3, 0.4) is 0 Å². The number of benzene rings is 2. The highest BCUT2D eigenvalue weighted by Crippen LogP contribution is 2.21. The highest BCUT2D eigenvalue weighted by Gasteiger charge is 2.24. The minimum atomic E-state index is -3.63. The number of carbonyl (C=O) groups is 1. The monoisotopic (exact) mass is 387 g/mol. The Bertz CT molecular complexity index is 893. The lowest BCUT2D eigenvalue weighted by molar-refractivity contribution is -0.120. The molecule has 144 valence electrons. The van der Waals surface area contributed by atoms with Crippen LogP contribution in [0.1, 0.15) is 25.3 Å². The van der Waals surface area contributed by atoms with Crippen molar-refractivity contribution in [1.82, 2.24) is 5.32 Å². The molecule has 0 radical (unpaired) electrons. The Hall–Kier alpha value is -2.38. The zero-order chi connectivity index (χ0) is 19.4. The number of sulfonamides is 1. The lowest BCUT2D eigenvalue weighted by Crippen LogP contribution is -2.40. The van der Waals surface area contributed by atoms with Crippen molar-refractivity contribution in [2.24, 2.45) is 5.92 Å². The van der Waals surface area contributed by atoms with Gasteiger partial charge >= 0.3 is 0 Å². The van der Waals surface area contributed by atoms with Crippen LogP contribution in [0.5, 0.6) is 0 Å². The maximum Gasteiger partial charge on any atom is 0.261 e. The smallest absolute Gasteiger partial charge is 0.261 e. The number of amides is 1. The first-order valence-electron chi connectivity index (χ1n) is 9.07. The summed E-state index contributed by atoms with van der Waals surface area (Å²) in [7, 11) is -3.63. The molecule has 0 aliphatic carbocycles. The Morgan fingerprint density at radius 3 is 2.30 bits per heavy atom. The molecular weight excluding hydrogens is 362 g/mol. The molecule has 1 fully saturated rings. The minimum absolute atomic E-state index is 0.000895. The highest BCUT2D eigenvalue weighted by molar-refractivity contribution is 7.92. The zero-order valence-electron chi connectivity index (χ0n) is 15.5. The molecule has 1 aliphatic rings. The predicted octanol–water partition coefficient (Wildman–Crippen LogP) is 3.12. The SMILES string of the molecule is Cc1ccc(S(=O)(=O)Nc2ccc(NC(=O)[C@H]3CCN[C@@H](C)C3)cc2)cc1. The standard InChI is InChI=1S/C20H25N3O3S/c1-14-3-9-19(10-4-14)27(25,26)23-18-7-5-17(6-8-18)22-20(24)16-11-12-21-15(2)13-16/h3-10,15-16,21,23H,11-13H2,1-2H3,(H,22,24)/t15-,16-/m0/s1. The van der Waals surface area contributed by atoms with E-state index in [1.165, 1.54) is 0 Å². The van der Waals surface area contributed by atoms with Crippen LogP contribution in [0.25, 0.3) is 0 Å². The molecule has 1 aliphatic heterocycles. The Morgan fingerprint density at radius 2 is 1.67 bits per heavy atom. The maximum absolute atomic E-state index is 12.4. The summed E-state index contributed by atoms with van der Waals surface area (Å²) < 4.78 is 27.4. The molecule has 2 aromatic carbocycles. The molecule has 27 heavy (non-hydrogen) atoms. The lowest BCUT2D eigenvalue weighted by Gasteiger charge is -2.27. The minimum Gasteiger partial charge on any atom is -0.326 e. The van der Waals surface area contributed by atoms with Gasteiger partial charge < -0.3 is 10.6 Å². The number of piperidine rings is 1. The summed E-state index contributed by atoms with van der Waals surface area (Å²) in [6, 6.07) is 13.7. The summed E-state index contributed by atoms with van der Waals surface area (Å²) in [6.07, 6.45) is 1.64. The van der Waals surface area contributed by atoms with Crippen molar-refractivity contribution in [3.05, 3.63) is 54.1 Å². The fourth-order valence-corrected chi connectivity index (χ4v) is 4.23. The normalized spacial score (nSPS) is 20.1. The van der Waals surface area contributed by atoms with Crippen LogP contribution in [-0.2, 0) is 14.8 Å². The van der Waals surface area contributed by atoms with Gasteiger partial charge in [-0.2, -0.15) is 0 Å². The number of anilines is 2. The number of hydrogen-bond donors (Lipinski definition) is 3. The molecular formula is C20H25N3O3S. The molecule has 2 atom stereocenters. The van der Waals surface area contributed by atoms with Crippen molar-refractivity contribution < 1.29 is 13.2 Å². The van der Waals surface area contributed by atoms with Crippen LogP contribution in [0.4, 0.5) is 11.4 Å². The maximum atomic E-state index is 12.4. The molecule has 0 unspecified atom stereocenters. The summed E-state index contributed by atoms with van der Waals surface area (Å²) in [5.74, 6) is 0.0114. The summed E-state index contributed by atoms with van der Waals surface area (Å²) in [5.41, 5.74) is 2.10. The molecule has 0 aromatic heterocycles. The fourth-order valence-electron chi connectivity index (χ4n) is 3.17. The van der Waals surface area contributed by atoms with Crippen LogP contribution in [-0.4, -0.2) is 26.9 Å². The molecule has 2 aromatic rings. The fraction of sp³-hybridized carbons (Fsp3) is 0.350. The van der Waals surface area contributed by atoms with Crippen molar-refractivity contribution in [3.8, 4) is 0 Å². The molecule has 0 spiro atoms. The van der Waals surface area contributed by atoms with Gasteiger partial charge in [-0.05, 0) is 69.6 Å². The van der Waals surface area contributed by atoms with E-state index in [1.54, 1.807) is 48.5 Å². The lowest BCUT2D eigenvalue weighted by atomic mass is 9.92. The Labute approximate surface area is 160 Å². The summed E-state index contributed by atoms with van der Waals surface area (Å²) in [4.78, 5) is 12.6. The average molecular weight is 388 g/mol. The first-order chi connectivity index (χ1) is 12.8. The molecule has 1 amide bonds. The molecule has 1 heterocycles. The number of hydrogen-bond acceptors (Lipinski definition) is 4. The quantitative estimate of drug-likeness (QED) is 0.736. The zero-order valence-corrected chi connectivity index (χ0v) is 16.3. The molecule has 1 saturated heterocycles. The Morgan fingerprint density at radius 1 is 1.04 bits per heavy atom.